The summed E-state index contributed by atoms with van der Waals surface area (Å²) >= 11 is 0. The number of amides is 1. The summed E-state index contributed by atoms with van der Waals surface area (Å²) in [5.74, 6) is -0.0480. The Bertz CT molecular complexity index is 525. The monoisotopic (exact) mass is 295 g/mol. The second-order valence-corrected chi connectivity index (χ2v) is 6.63. The van der Waals surface area contributed by atoms with Gasteiger partial charge in [0.05, 0.1) is 15.7 Å². The molecule has 1 fully saturated rings. The number of hydrogen-bond acceptors (Lipinski definition) is 4. The minimum absolute atomic E-state index is 0.0109. The lowest BCUT2D eigenvalue weighted by molar-refractivity contribution is -0.129. The van der Waals surface area contributed by atoms with Crippen molar-refractivity contribution in [2.45, 2.75) is 11.8 Å². The van der Waals surface area contributed by atoms with Crippen molar-refractivity contribution in [1.82, 2.24) is 9.80 Å². The summed E-state index contributed by atoms with van der Waals surface area (Å²) in [5, 5.41) is 0. The molecule has 1 unspecified atom stereocenters. The van der Waals surface area contributed by atoms with Crippen LogP contribution >= 0.6 is 0 Å². The Hall–Kier alpha value is -1.40. The minimum atomic E-state index is -1.37. The van der Waals surface area contributed by atoms with Crippen LogP contribution in [0.1, 0.15) is 5.56 Å². The van der Waals surface area contributed by atoms with Crippen LogP contribution in [0, 0.1) is 6.92 Å². The smallest absolute Gasteiger partial charge is 0.235 e. The summed E-state index contributed by atoms with van der Waals surface area (Å²) in [6, 6.07) is 5.40. The van der Waals surface area contributed by atoms with Gasteiger partial charge in [0.15, 0.2) is 0 Å². The molecule has 2 N–H and O–H groups in total. The molecule has 1 aliphatic heterocycles. The number of hydrogen-bond donors (Lipinski definition) is 1. The largest absolute Gasteiger partial charge is 0.398 e. The lowest BCUT2D eigenvalue weighted by Crippen LogP contribution is -2.48. The molecule has 1 atom stereocenters. The number of nitrogens with zero attached hydrogens (tertiary/aromatic N) is 2. The Morgan fingerprint density at radius 2 is 1.95 bits per heavy atom. The van der Waals surface area contributed by atoms with Crippen molar-refractivity contribution in [2.24, 2.45) is 0 Å². The molecule has 0 saturated carbocycles. The summed E-state index contributed by atoms with van der Waals surface area (Å²) in [6.07, 6.45) is 0. The number of carbonyl (C=O) groups excluding carboxylic acids is 1. The molecule has 1 aliphatic rings. The quantitative estimate of drug-likeness (QED) is 0.823. The van der Waals surface area contributed by atoms with Crippen molar-refractivity contribution in [3.05, 3.63) is 23.8 Å². The first-order valence-corrected chi connectivity index (χ1v) is 8.00. The summed E-state index contributed by atoms with van der Waals surface area (Å²) in [7, 11) is 0.661. The maximum absolute atomic E-state index is 12.3. The Morgan fingerprint density at radius 1 is 1.30 bits per heavy atom. The van der Waals surface area contributed by atoms with E-state index in [0.717, 1.165) is 18.7 Å². The summed E-state index contributed by atoms with van der Waals surface area (Å²) in [6.45, 7) is 5.07. The van der Waals surface area contributed by atoms with Crippen LogP contribution in [-0.4, -0.2) is 58.9 Å². The molecule has 0 spiro atoms. The van der Waals surface area contributed by atoms with Crippen molar-refractivity contribution in [2.75, 3.05) is 44.7 Å². The Balaban J connectivity index is 1.99. The molecule has 20 heavy (non-hydrogen) atoms. The molecule has 0 aromatic heterocycles. The van der Waals surface area contributed by atoms with Gasteiger partial charge in [-0.1, -0.05) is 6.07 Å². The molecular weight excluding hydrogens is 274 g/mol. The number of nitrogens with two attached hydrogens (primary N) is 1. The number of aryl methyl sites for hydroxylation is 1. The van der Waals surface area contributed by atoms with Crippen LogP contribution in [0.3, 0.4) is 0 Å². The number of nitrogen functional groups attached to an aromatic ring is 1. The minimum Gasteiger partial charge on any atom is -0.398 e. The first-order chi connectivity index (χ1) is 9.47. The third-order valence-corrected chi connectivity index (χ3v) is 4.89. The van der Waals surface area contributed by atoms with Gasteiger partial charge in [-0.15, -0.1) is 0 Å². The zero-order valence-electron chi connectivity index (χ0n) is 12.0. The number of piperazine rings is 1. The molecular formula is C14H21N3O2S. The van der Waals surface area contributed by atoms with E-state index in [9.17, 15) is 9.00 Å². The van der Waals surface area contributed by atoms with Crippen molar-refractivity contribution < 1.29 is 9.00 Å². The normalized spacial score (nSPS) is 18.0. The highest BCUT2D eigenvalue weighted by Gasteiger charge is 2.21. The maximum atomic E-state index is 12.3. The van der Waals surface area contributed by atoms with Crippen molar-refractivity contribution in [3.63, 3.8) is 0 Å². The van der Waals surface area contributed by atoms with Crippen LogP contribution in [0.5, 0.6) is 0 Å². The standard InChI is InChI=1S/C14H21N3O2S/c1-11-3-4-13(12(15)9-11)20(19)10-14(18)17-7-5-16(2)6-8-17/h3-4,9H,5-8,10,15H2,1-2H3. The fraction of sp³-hybridized carbons (Fsp3) is 0.500. The van der Waals surface area contributed by atoms with E-state index in [-0.39, 0.29) is 11.7 Å². The number of benzene rings is 1. The van der Waals surface area contributed by atoms with Gasteiger partial charge in [0.2, 0.25) is 5.91 Å². The van der Waals surface area contributed by atoms with Gasteiger partial charge in [0.1, 0.15) is 5.75 Å². The maximum Gasteiger partial charge on any atom is 0.235 e. The second kappa shape index (κ2) is 6.37. The van der Waals surface area contributed by atoms with Gasteiger partial charge in [0, 0.05) is 31.9 Å². The first-order valence-electron chi connectivity index (χ1n) is 6.68. The average molecular weight is 295 g/mol. The van der Waals surface area contributed by atoms with Gasteiger partial charge in [0.25, 0.3) is 0 Å². The predicted octanol–water partition coefficient (Wildman–Crippen LogP) is 0.459. The number of carbonyl (C=O) groups is 1. The van der Waals surface area contributed by atoms with Crippen molar-refractivity contribution >= 4 is 22.4 Å². The predicted molar refractivity (Wildman–Crippen MR) is 80.9 cm³/mol. The number of likely N-dealkylation sites (N-methyl/N-ethyl adjacent to an activating group) is 1. The van der Waals surface area contributed by atoms with E-state index in [2.05, 4.69) is 4.90 Å². The Labute approximate surface area is 122 Å². The van der Waals surface area contributed by atoms with Crippen LogP contribution in [-0.2, 0) is 15.6 Å². The van der Waals surface area contributed by atoms with Gasteiger partial charge < -0.3 is 15.5 Å². The van der Waals surface area contributed by atoms with Crippen molar-refractivity contribution in [1.29, 1.82) is 0 Å². The third kappa shape index (κ3) is 3.58. The van der Waals surface area contributed by atoms with Gasteiger partial charge in [-0.25, -0.2) is 0 Å². The molecule has 0 aliphatic carbocycles. The Morgan fingerprint density at radius 3 is 2.55 bits per heavy atom. The molecule has 1 aromatic carbocycles. The topological polar surface area (TPSA) is 66.6 Å². The van der Waals surface area contributed by atoms with E-state index in [1.54, 1.807) is 17.0 Å². The molecule has 1 saturated heterocycles. The number of anilines is 1. The molecule has 1 heterocycles. The van der Waals surface area contributed by atoms with E-state index in [4.69, 9.17) is 5.73 Å². The van der Waals surface area contributed by atoms with Crippen LogP contribution < -0.4 is 5.73 Å². The molecule has 0 bridgehead atoms. The highest BCUT2D eigenvalue weighted by Crippen LogP contribution is 2.18. The highest BCUT2D eigenvalue weighted by molar-refractivity contribution is 7.86. The average Bonchev–Trinajstić information content (AvgIpc) is 2.39. The van der Waals surface area contributed by atoms with E-state index < -0.39 is 10.8 Å². The van der Waals surface area contributed by atoms with E-state index in [1.165, 1.54) is 0 Å². The molecule has 1 amide bonds. The fourth-order valence-electron chi connectivity index (χ4n) is 2.21. The van der Waals surface area contributed by atoms with Gasteiger partial charge in [-0.3, -0.25) is 9.00 Å². The molecule has 2 rings (SSSR count). The zero-order chi connectivity index (χ0) is 14.7. The summed E-state index contributed by atoms with van der Waals surface area (Å²) < 4.78 is 12.3. The molecule has 110 valence electrons. The summed E-state index contributed by atoms with van der Waals surface area (Å²) in [5.41, 5.74) is 7.39. The zero-order valence-corrected chi connectivity index (χ0v) is 12.8. The lowest BCUT2D eigenvalue weighted by Gasteiger charge is -2.32. The van der Waals surface area contributed by atoms with E-state index in [1.807, 2.05) is 20.0 Å². The molecule has 0 radical (unpaired) electrons. The second-order valence-electron chi connectivity index (χ2n) is 5.22. The third-order valence-electron chi connectivity index (χ3n) is 3.52. The SMILES string of the molecule is Cc1ccc(S(=O)CC(=O)N2CCN(C)CC2)c(N)c1. The van der Waals surface area contributed by atoms with Crippen LogP contribution in [0.15, 0.2) is 23.1 Å². The number of rotatable bonds is 3. The first kappa shape index (κ1) is 15.0. The summed E-state index contributed by atoms with van der Waals surface area (Å²) in [4.78, 5) is 16.7. The van der Waals surface area contributed by atoms with Gasteiger partial charge in [-0.2, -0.15) is 0 Å². The molecule has 1 aromatic rings. The molecule has 6 heteroatoms. The van der Waals surface area contributed by atoms with Crippen molar-refractivity contribution in [3.8, 4) is 0 Å². The fourth-order valence-corrected chi connectivity index (χ4v) is 3.32. The van der Waals surface area contributed by atoms with Gasteiger partial charge >= 0.3 is 0 Å². The molecule has 5 nitrogen and oxygen atoms in total. The Kier molecular flexibility index (Phi) is 4.77. The van der Waals surface area contributed by atoms with Crippen LogP contribution in [0.25, 0.3) is 0 Å². The highest BCUT2D eigenvalue weighted by atomic mass is 32.2. The van der Waals surface area contributed by atoms with Crippen LogP contribution in [0.2, 0.25) is 0 Å². The lowest BCUT2D eigenvalue weighted by atomic mass is 10.2. The van der Waals surface area contributed by atoms with Gasteiger partial charge in [-0.05, 0) is 31.7 Å². The van der Waals surface area contributed by atoms with E-state index >= 15 is 0 Å². The van der Waals surface area contributed by atoms with E-state index in [0.29, 0.717) is 23.7 Å². The van der Waals surface area contributed by atoms with Crippen LogP contribution in [0.4, 0.5) is 5.69 Å².